The first-order valence-corrected chi connectivity index (χ1v) is 2.01. The molecule has 3 heteroatoms. The van der Waals surface area contributed by atoms with Crippen molar-refractivity contribution in [2.45, 2.75) is 13.2 Å². The van der Waals surface area contributed by atoms with Crippen LogP contribution in [0.2, 0.25) is 0 Å². The zero-order chi connectivity index (χ0) is 4.41. The Morgan fingerprint density at radius 2 is 2.67 bits per heavy atom. The summed E-state index contributed by atoms with van der Waals surface area (Å²) in [6.07, 6.45) is 0.185. The van der Waals surface area contributed by atoms with Crippen LogP contribution in [0.25, 0.3) is 0 Å². The van der Waals surface area contributed by atoms with Crippen LogP contribution < -0.4 is 10.8 Å². The SMILES string of the molecule is C[C@@H]1NCNO1. The van der Waals surface area contributed by atoms with Crippen molar-refractivity contribution in [3.8, 4) is 0 Å². The second-order valence-corrected chi connectivity index (χ2v) is 1.29. The zero-order valence-corrected chi connectivity index (χ0v) is 3.69. The van der Waals surface area contributed by atoms with E-state index in [0.717, 1.165) is 6.67 Å². The van der Waals surface area contributed by atoms with Crippen molar-refractivity contribution in [2.24, 2.45) is 0 Å². The van der Waals surface area contributed by atoms with Gasteiger partial charge in [0.15, 0.2) is 0 Å². The summed E-state index contributed by atoms with van der Waals surface area (Å²) >= 11 is 0. The third kappa shape index (κ3) is 0.680. The van der Waals surface area contributed by atoms with Gasteiger partial charge in [-0.15, -0.1) is 0 Å². The van der Waals surface area contributed by atoms with Gasteiger partial charge in [0.2, 0.25) is 0 Å². The number of hydrogen-bond donors (Lipinski definition) is 2. The van der Waals surface area contributed by atoms with Crippen LogP contribution in [0.5, 0.6) is 0 Å². The fraction of sp³-hybridized carbons (Fsp3) is 1.00. The molecule has 0 aromatic rings. The zero-order valence-electron chi connectivity index (χ0n) is 3.69. The van der Waals surface area contributed by atoms with Gasteiger partial charge >= 0.3 is 0 Å². The van der Waals surface area contributed by atoms with E-state index in [1.165, 1.54) is 0 Å². The lowest BCUT2D eigenvalue weighted by Crippen LogP contribution is -2.17. The lowest BCUT2D eigenvalue weighted by atomic mass is 10.7. The fourth-order valence-corrected chi connectivity index (χ4v) is 0.394. The first kappa shape index (κ1) is 4.05. The van der Waals surface area contributed by atoms with Gasteiger partial charge < -0.3 is 0 Å². The normalized spacial score (nSPS) is 34.5. The van der Waals surface area contributed by atoms with Gasteiger partial charge in [-0.2, -0.15) is 5.48 Å². The number of hydrogen-bond acceptors (Lipinski definition) is 3. The molecule has 1 aliphatic heterocycles. The molecule has 0 unspecified atom stereocenters. The van der Waals surface area contributed by atoms with E-state index in [0.29, 0.717) is 0 Å². The molecule has 3 nitrogen and oxygen atoms in total. The van der Waals surface area contributed by atoms with Crippen LogP contribution in [-0.4, -0.2) is 12.9 Å². The third-order valence-electron chi connectivity index (χ3n) is 0.722. The van der Waals surface area contributed by atoms with Gasteiger partial charge in [0, 0.05) is 0 Å². The van der Waals surface area contributed by atoms with Crippen LogP contribution in [0.1, 0.15) is 6.92 Å². The van der Waals surface area contributed by atoms with Crippen LogP contribution in [0.15, 0.2) is 0 Å². The highest BCUT2D eigenvalue weighted by molar-refractivity contribution is 4.47. The minimum atomic E-state index is 0.185. The molecule has 0 saturated carbocycles. The van der Waals surface area contributed by atoms with Gasteiger partial charge in [-0.3, -0.25) is 10.2 Å². The quantitative estimate of drug-likeness (QED) is 0.415. The highest BCUT2D eigenvalue weighted by Gasteiger charge is 2.04. The minimum absolute atomic E-state index is 0.185. The van der Waals surface area contributed by atoms with E-state index in [4.69, 9.17) is 4.84 Å². The second kappa shape index (κ2) is 1.55. The predicted octanol–water partition coefficient (Wildman–Crippen LogP) is -0.586. The number of rotatable bonds is 0. The summed E-state index contributed by atoms with van der Waals surface area (Å²) in [7, 11) is 0. The summed E-state index contributed by atoms with van der Waals surface area (Å²) in [5.41, 5.74) is 2.66. The van der Waals surface area contributed by atoms with Crippen LogP contribution >= 0.6 is 0 Å². The van der Waals surface area contributed by atoms with Crippen molar-refractivity contribution in [2.75, 3.05) is 6.67 Å². The monoisotopic (exact) mass is 88.1 g/mol. The van der Waals surface area contributed by atoms with Crippen molar-refractivity contribution in [1.82, 2.24) is 10.8 Å². The van der Waals surface area contributed by atoms with Crippen molar-refractivity contribution in [3.63, 3.8) is 0 Å². The van der Waals surface area contributed by atoms with E-state index in [2.05, 4.69) is 10.8 Å². The minimum Gasteiger partial charge on any atom is -0.282 e. The standard InChI is InChI=1S/C3H8N2O/c1-3-4-2-5-6-3/h3-5H,2H2,1H3/t3-/m1/s1. The van der Waals surface area contributed by atoms with Gasteiger partial charge in [0.25, 0.3) is 0 Å². The third-order valence-corrected chi connectivity index (χ3v) is 0.722. The van der Waals surface area contributed by atoms with Gasteiger partial charge in [0.05, 0.1) is 6.67 Å². The number of hydroxylamine groups is 1. The van der Waals surface area contributed by atoms with E-state index < -0.39 is 0 Å². The molecule has 1 fully saturated rings. The molecular weight excluding hydrogens is 80.0 g/mol. The largest absolute Gasteiger partial charge is 0.282 e. The Balaban J connectivity index is 2.18. The average Bonchev–Trinajstić information content (AvgIpc) is 1.86. The molecule has 1 aliphatic rings. The summed E-state index contributed by atoms with van der Waals surface area (Å²) in [4.78, 5) is 4.79. The van der Waals surface area contributed by atoms with E-state index in [9.17, 15) is 0 Å². The second-order valence-electron chi connectivity index (χ2n) is 1.29. The maximum atomic E-state index is 4.79. The van der Waals surface area contributed by atoms with Gasteiger partial charge in [-0.25, -0.2) is 0 Å². The lowest BCUT2D eigenvalue weighted by Gasteiger charge is -1.93. The van der Waals surface area contributed by atoms with Gasteiger partial charge in [-0.05, 0) is 6.92 Å². The van der Waals surface area contributed by atoms with Crippen LogP contribution in [0.3, 0.4) is 0 Å². The molecular formula is C3H8N2O. The van der Waals surface area contributed by atoms with Crippen molar-refractivity contribution in [3.05, 3.63) is 0 Å². The Bertz CT molecular complexity index is 42.1. The van der Waals surface area contributed by atoms with Gasteiger partial charge in [0.1, 0.15) is 6.23 Å². The molecule has 0 aliphatic carbocycles. The topological polar surface area (TPSA) is 33.3 Å². The summed E-state index contributed by atoms with van der Waals surface area (Å²) < 4.78 is 0. The van der Waals surface area contributed by atoms with Gasteiger partial charge in [-0.1, -0.05) is 0 Å². The Morgan fingerprint density at radius 3 is 2.83 bits per heavy atom. The highest BCUT2D eigenvalue weighted by Crippen LogP contribution is 1.83. The maximum absolute atomic E-state index is 4.79. The molecule has 1 saturated heterocycles. The van der Waals surface area contributed by atoms with Crippen LogP contribution in [0, 0.1) is 0 Å². The van der Waals surface area contributed by atoms with Crippen LogP contribution in [-0.2, 0) is 4.84 Å². The summed E-state index contributed by atoms with van der Waals surface area (Å²) in [5, 5.41) is 2.99. The van der Waals surface area contributed by atoms with Crippen LogP contribution in [0.4, 0.5) is 0 Å². The molecule has 0 aromatic heterocycles. The summed E-state index contributed by atoms with van der Waals surface area (Å²) in [5.74, 6) is 0. The maximum Gasteiger partial charge on any atom is 0.127 e. The Morgan fingerprint density at radius 1 is 1.83 bits per heavy atom. The molecule has 1 rings (SSSR count). The Labute approximate surface area is 36.6 Å². The van der Waals surface area contributed by atoms with E-state index in [-0.39, 0.29) is 6.23 Å². The smallest absolute Gasteiger partial charge is 0.127 e. The Hall–Kier alpha value is -0.120. The van der Waals surface area contributed by atoms with E-state index in [1.54, 1.807) is 0 Å². The highest BCUT2D eigenvalue weighted by atomic mass is 16.7. The van der Waals surface area contributed by atoms with E-state index in [1.807, 2.05) is 6.92 Å². The predicted molar refractivity (Wildman–Crippen MR) is 21.7 cm³/mol. The first-order valence-electron chi connectivity index (χ1n) is 2.01. The Kier molecular flexibility index (Phi) is 1.05. The molecule has 1 atom stereocenters. The molecule has 0 amide bonds. The molecule has 6 heavy (non-hydrogen) atoms. The fourth-order valence-electron chi connectivity index (χ4n) is 0.394. The molecule has 1 heterocycles. The molecule has 36 valence electrons. The molecule has 0 spiro atoms. The summed E-state index contributed by atoms with van der Waals surface area (Å²) in [6, 6.07) is 0. The van der Waals surface area contributed by atoms with Crippen molar-refractivity contribution >= 4 is 0 Å². The number of nitrogens with one attached hydrogen (secondary N) is 2. The lowest BCUT2D eigenvalue weighted by molar-refractivity contribution is 0.0399. The average molecular weight is 88.1 g/mol. The van der Waals surface area contributed by atoms with E-state index >= 15 is 0 Å². The molecule has 2 N–H and O–H groups in total. The summed E-state index contributed by atoms with van der Waals surface area (Å²) in [6.45, 7) is 2.71. The first-order chi connectivity index (χ1) is 2.89. The van der Waals surface area contributed by atoms with Crippen molar-refractivity contribution < 1.29 is 4.84 Å². The molecule has 0 aromatic carbocycles. The van der Waals surface area contributed by atoms with Crippen molar-refractivity contribution in [1.29, 1.82) is 0 Å². The molecule has 0 bridgehead atoms. The molecule has 0 radical (unpaired) electrons.